The predicted octanol–water partition coefficient (Wildman–Crippen LogP) is 2.48. The Morgan fingerprint density at radius 2 is 1.69 bits per heavy atom. The minimum atomic E-state index is 0.0533. The van der Waals surface area contributed by atoms with Crippen LogP contribution in [0.4, 0.5) is 0 Å². The summed E-state index contributed by atoms with van der Waals surface area (Å²) in [5.74, 6) is 0. The molecule has 0 amide bonds. The van der Waals surface area contributed by atoms with E-state index in [1.807, 2.05) is 0 Å². The fourth-order valence-electron chi connectivity index (χ4n) is 2.37. The minimum Gasteiger partial charge on any atom is -0.385 e. The third-order valence-electron chi connectivity index (χ3n) is 3.48. The Bertz CT molecular complexity index is 165. The van der Waals surface area contributed by atoms with E-state index < -0.39 is 0 Å². The van der Waals surface area contributed by atoms with Gasteiger partial charge in [0.05, 0.1) is 0 Å². The van der Waals surface area contributed by atoms with Crippen molar-refractivity contribution in [3.05, 3.63) is 0 Å². The molecule has 1 aliphatic carbocycles. The quantitative estimate of drug-likeness (QED) is 0.539. The summed E-state index contributed by atoms with van der Waals surface area (Å²) in [6.45, 7) is 2.39. The van der Waals surface area contributed by atoms with E-state index in [-0.39, 0.29) is 5.54 Å². The Hall–Kier alpha value is -0.120. The Labute approximate surface area is 99.7 Å². The molecule has 1 rings (SSSR count). The van der Waals surface area contributed by atoms with Gasteiger partial charge in [0, 0.05) is 32.5 Å². The van der Waals surface area contributed by atoms with Gasteiger partial charge in [0.25, 0.3) is 0 Å². The molecular weight excluding hydrogens is 202 g/mol. The Morgan fingerprint density at radius 1 is 1.00 bits per heavy atom. The van der Waals surface area contributed by atoms with Crippen molar-refractivity contribution in [2.24, 2.45) is 5.73 Å². The maximum Gasteiger partial charge on any atom is 0.0487 e. The molecule has 1 saturated carbocycles. The van der Waals surface area contributed by atoms with Gasteiger partial charge < -0.3 is 15.2 Å². The second-order valence-electron chi connectivity index (χ2n) is 4.99. The standard InChI is InChI=1S/C13H27NO2/c1-15-10-6-11-16-12-9-13(14)7-4-2-3-5-8-13/h2-12,14H2,1H3. The molecule has 16 heavy (non-hydrogen) atoms. The Morgan fingerprint density at radius 3 is 2.31 bits per heavy atom. The largest absolute Gasteiger partial charge is 0.385 e. The summed E-state index contributed by atoms with van der Waals surface area (Å²) in [6, 6.07) is 0. The first-order chi connectivity index (χ1) is 7.77. The molecule has 0 atom stereocenters. The average molecular weight is 229 g/mol. The van der Waals surface area contributed by atoms with Crippen LogP contribution >= 0.6 is 0 Å². The molecule has 0 saturated heterocycles. The van der Waals surface area contributed by atoms with E-state index >= 15 is 0 Å². The summed E-state index contributed by atoms with van der Waals surface area (Å²) in [5, 5.41) is 0. The number of methoxy groups -OCH3 is 1. The van der Waals surface area contributed by atoms with Gasteiger partial charge in [-0.1, -0.05) is 25.7 Å². The number of nitrogens with two attached hydrogens (primary N) is 1. The average Bonchev–Trinajstić information content (AvgIpc) is 2.49. The molecule has 1 aliphatic rings. The molecule has 3 nitrogen and oxygen atoms in total. The lowest BCUT2D eigenvalue weighted by atomic mass is 9.88. The minimum absolute atomic E-state index is 0.0533. The summed E-state index contributed by atoms with van der Waals surface area (Å²) < 4.78 is 10.6. The highest BCUT2D eigenvalue weighted by molar-refractivity contribution is 4.85. The van der Waals surface area contributed by atoms with E-state index in [1.165, 1.54) is 38.5 Å². The first kappa shape index (κ1) is 13.9. The molecule has 0 aromatic rings. The van der Waals surface area contributed by atoms with E-state index in [2.05, 4.69) is 0 Å². The van der Waals surface area contributed by atoms with Crippen molar-refractivity contribution in [3.8, 4) is 0 Å². The molecule has 3 heteroatoms. The highest BCUT2D eigenvalue weighted by Crippen LogP contribution is 2.27. The maximum atomic E-state index is 6.40. The van der Waals surface area contributed by atoms with Crippen LogP contribution in [0.2, 0.25) is 0 Å². The van der Waals surface area contributed by atoms with Gasteiger partial charge in [0.15, 0.2) is 0 Å². The zero-order chi connectivity index (χ0) is 11.7. The third kappa shape index (κ3) is 5.83. The van der Waals surface area contributed by atoms with Crippen LogP contribution in [0.3, 0.4) is 0 Å². The van der Waals surface area contributed by atoms with Gasteiger partial charge >= 0.3 is 0 Å². The maximum absolute atomic E-state index is 6.40. The first-order valence-electron chi connectivity index (χ1n) is 6.62. The van der Waals surface area contributed by atoms with Crippen molar-refractivity contribution in [3.63, 3.8) is 0 Å². The van der Waals surface area contributed by atoms with Crippen molar-refractivity contribution in [2.75, 3.05) is 26.9 Å². The molecule has 0 bridgehead atoms. The fourth-order valence-corrected chi connectivity index (χ4v) is 2.37. The molecule has 0 aliphatic heterocycles. The summed E-state index contributed by atoms with van der Waals surface area (Å²) in [4.78, 5) is 0. The summed E-state index contributed by atoms with van der Waals surface area (Å²) >= 11 is 0. The highest BCUT2D eigenvalue weighted by Gasteiger charge is 2.25. The summed E-state index contributed by atoms with van der Waals surface area (Å²) in [6.07, 6.45) is 9.64. The smallest absolute Gasteiger partial charge is 0.0487 e. The van der Waals surface area contributed by atoms with E-state index in [0.29, 0.717) is 0 Å². The van der Waals surface area contributed by atoms with Crippen molar-refractivity contribution in [1.82, 2.24) is 0 Å². The van der Waals surface area contributed by atoms with Crippen LogP contribution in [-0.4, -0.2) is 32.5 Å². The zero-order valence-electron chi connectivity index (χ0n) is 10.7. The van der Waals surface area contributed by atoms with Crippen molar-refractivity contribution >= 4 is 0 Å². The van der Waals surface area contributed by atoms with Crippen LogP contribution in [-0.2, 0) is 9.47 Å². The van der Waals surface area contributed by atoms with Gasteiger partial charge in [-0.05, 0) is 25.7 Å². The molecule has 96 valence electrons. The monoisotopic (exact) mass is 229 g/mol. The molecule has 0 spiro atoms. The normalized spacial score (nSPS) is 20.6. The fraction of sp³-hybridized carbons (Fsp3) is 1.00. The van der Waals surface area contributed by atoms with Crippen LogP contribution in [0.1, 0.15) is 51.4 Å². The lowest BCUT2D eigenvalue weighted by Gasteiger charge is -2.27. The van der Waals surface area contributed by atoms with Crippen molar-refractivity contribution < 1.29 is 9.47 Å². The van der Waals surface area contributed by atoms with Crippen molar-refractivity contribution in [2.45, 2.75) is 56.9 Å². The predicted molar refractivity (Wildman–Crippen MR) is 66.5 cm³/mol. The van der Waals surface area contributed by atoms with Gasteiger partial charge in [0.2, 0.25) is 0 Å². The van der Waals surface area contributed by atoms with Crippen LogP contribution in [0.5, 0.6) is 0 Å². The number of hydrogen-bond acceptors (Lipinski definition) is 3. The van der Waals surface area contributed by atoms with Gasteiger partial charge in [0.1, 0.15) is 0 Å². The molecular formula is C13H27NO2. The van der Waals surface area contributed by atoms with Gasteiger partial charge in [-0.2, -0.15) is 0 Å². The molecule has 0 aromatic carbocycles. The SMILES string of the molecule is COCCCOCCC1(N)CCCCCC1. The van der Waals surface area contributed by atoms with E-state index in [4.69, 9.17) is 15.2 Å². The van der Waals surface area contributed by atoms with Crippen LogP contribution in [0, 0.1) is 0 Å². The third-order valence-corrected chi connectivity index (χ3v) is 3.48. The van der Waals surface area contributed by atoms with Crippen LogP contribution < -0.4 is 5.73 Å². The second-order valence-corrected chi connectivity index (χ2v) is 4.99. The lowest BCUT2D eigenvalue weighted by Crippen LogP contribution is -2.40. The summed E-state index contributed by atoms with van der Waals surface area (Å²) in [7, 11) is 1.72. The van der Waals surface area contributed by atoms with Crippen molar-refractivity contribution in [1.29, 1.82) is 0 Å². The zero-order valence-corrected chi connectivity index (χ0v) is 10.7. The number of ether oxygens (including phenoxy) is 2. The Balaban J connectivity index is 2.05. The number of rotatable bonds is 7. The van der Waals surface area contributed by atoms with Crippen LogP contribution in [0.15, 0.2) is 0 Å². The molecule has 0 radical (unpaired) electrons. The van der Waals surface area contributed by atoms with E-state index in [1.54, 1.807) is 7.11 Å². The van der Waals surface area contributed by atoms with Gasteiger partial charge in [-0.25, -0.2) is 0 Å². The summed E-state index contributed by atoms with van der Waals surface area (Å²) in [5.41, 5.74) is 6.45. The molecule has 0 heterocycles. The van der Waals surface area contributed by atoms with Crippen LogP contribution in [0.25, 0.3) is 0 Å². The molecule has 2 N–H and O–H groups in total. The number of hydrogen-bond donors (Lipinski definition) is 1. The van der Waals surface area contributed by atoms with Gasteiger partial charge in [-0.15, -0.1) is 0 Å². The first-order valence-corrected chi connectivity index (χ1v) is 6.62. The Kier molecular flexibility index (Phi) is 7.01. The lowest BCUT2D eigenvalue weighted by molar-refractivity contribution is 0.0879. The molecule has 1 fully saturated rings. The topological polar surface area (TPSA) is 44.5 Å². The molecule has 0 aromatic heterocycles. The van der Waals surface area contributed by atoms with E-state index in [9.17, 15) is 0 Å². The second kappa shape index (κ2) is 8.04. The van der Waals surface area contributed by atoms with Gasteiger partial charge in [-0.3, -0.25) is 0 Å². The molecule has 0 unspecified atom stereocenters. The van der Waals surface area contributed by atoms with E-state index in [0.717, 1.165) is 32.7 Å². The highest BCUT2D eigenvalue weighted by atomic mass is 16.5.